The number of hydrogen-bond acceptors (Lipinski definition) is 3. The summed E-state index contributed by atoms with van der Waals surface area (Å²) in [5.41, 5.74) is 0.907. The van der Waals surface area contributed by atoms with Crippen molar-refractivity contribution >= 4 is 33.2 Å². The minimum Gasteiger partial charge on any atom is -0.385 e. The van der Waals surface area contributed by atoms with Crippen molar-refractivity contribution in [3.8, 4) is 0 Å². The van der Waals surface area contributed by atoms with E-state index in [1.54, 1.807) is 6.07 Å². The smallest absolute Gasteiger partial charge is 0.265 e. The van der Waals surface area contributed by atoms with E-state index < -0.39 is 25.0 Å². The summed E-state index contributed by atoms with van der Waals surface area (Å²) in [6.07, 6.45) is -4.68. The van der Waals surface area contributed by atoms with Gasteiger partial charge in [0.15, 0.2) is 0 Å². The number of carbonyl (C=O) groups excluding carboxylic acids is 1. The highest BCUT2D eigenvalue weighted by atomic mass is 79.9. The second-order valence-corrected chi connectivity index (χ2v) is 5.55. The second kappa shape index (κ2) is 5.70. The summed E-state index contributed by atoms with van der Waals surface area (Å²) in [6.45, 7) is 1.37. The van der Waals surface area contributed by atoms with Crippen molar-refractivity contribution in [2.24, 2.45) is 0 Å². The van der Waals surface area contributed by atoms with Crippen LogP contribution in [0.5, 0.6) is 0 Å². The normalized spacial score (nSPS) is 12.9. The minimum absolute atomic E-state index is 0.422. The molecule has 0 saturated heterocycles. The first kappa shape index (κ1) is 13.5. The molecule has 1 aromatic heterocycles. The van der Waals surface area contributed by atoms with Crippen molar-refractivity contribution in [2.75, 3.05) is 6.54 Å². The van der Waals surface area contributed by atoms with E-state index in [0.717, 1.165) is 9.35 Å². The summed E-state index contributed by atoms with van der Waals surface area (Å²) < 4.78 is 24.7. The Labute approximate surface area is 104 Å². The zero-order valence-corrected chi connectivity index (χ0v) is 10.7. The maximum absolute atomic E-state index is 11.9. The average molecular weight is 314 g/mol. The van der Waals surface area contributed by atoms with Crippen LogP contribution < -0.4 is 5.32 Å². The van der Waals surface area contributed by atoms with Gasteiger partial charge >= 0.3 is 0 Å². The van der Waals surface area contributed by atoms with Crippen LogP contribution in [-0.2, 0) is 0 Å². The van der Waals surface area contributed by atoms with Gasteiger partial charge in [0.2, 0.25) is 0 Å². The Balaban J connectivity index is 2.53. The molecule has 90 valence electrons. The number of rotatable bonds is 4. The predicted octanol–water partition coefficient (Wildman–Crippen LogP) is 2.17. The molecule has 0 bridgehead atoms. The van der Waals surface area contributed by atoms with Gasteiger partial charge in [0, 0.05) is 6.54 Å². The van der Waals surface area contributed by atoms with E-state index in [1.807, 2.05) is 6.92 Å². The van der Waals surface area contributed by atoms with Gasteiger partial charge in [-0.15, -0.1) is 11.3 Å². The number of hydrogen-bond donors (Lipinski definition) is 2. The largest absolute Gasteiger partial charge is 0.385 e. The molecule has 1 rings (SSSR count). The van der Waals surface area contributed by atoms with Crippen molar-refractivity contribution in [1.82, 2.24) is 5.32 Å². The van der Waals surface area contributed by atoms with Gasteiger partial charge in [0.05, 0.1) is 8.66 Å². The van der Waals surface area contributed by atoms with Crippen LogP contribution in [0.2, 0.25) is 0 Å². The Kier molecular flexibility index (Phi) is 4.82. The fraction of sp³-hybridized carbons (Fsp3) is 0.444. The summed E-state index contributed by atoms with van der Waals surface area (Å²) in [7, 11) is 0. The molecule has 1 atom stereocenters. The number of thiophene rings is 1. The molecule has 7 heteroatoms. The van der Waals surface area contributed by atoms with Gasteiger partial charge in [-0.2, -0.15) is 0 Å². The standard InChI is InChI=1S/C9H10BrF2NO2S/c1-4-2-6(16-7(4)10)9(15)13-3-5(14)8(11)12/h2,5,8,14H,3H2,1H3,(H,13,15). The predicted molar refractivity (Wildman–Crippen MR) is 61.1 cm³/mol. The van der Waals surface area contributed by atoms with Gasteiger partial charge in [-0.1, -0.05) is 0 Å². The topological polar surface area (TPSA) is 49.3 Å². The lowest BCUT2D eigenvalue weighted by Gasteiger charge is -2.09. The number of aliphatic hydroxyl groups is 1. The summed E-state index contributed by atoms with van der Waals surface area (Å²) in [5, 5.41) is 11.1. The number of amides is 1. The Morgan fingerprint density at radius 1 is 1.69 bits per heavy atom. The molecular weight excluding hydrogens is 304 g/mol. The maximum Gasteiger partial charge on any atom is 0.265 e. The van der Waals surface area contributed by atoms with Crippen LogP contribution in [0.3, 0.4) is 0 Å². The molecule has 0 fully saturated rings. The number of halogens is 3. The van der Waals surface area contributed by atoms with Crippen LogP contribution in [0.15, 0.2) is 9.85 Å². The van der Waals surface area contributed by atoms with Crippen LogP contribution in [0.25, 0.3) is 0 Å². The highest BCUT2D eigenvalue weighted by Crippen LogP contribution is 2.27. The first-order valence-corrected chi connectivity index (χ1v) is 6.03. The molecule has 0 aromatic carbocycles. The Bertz CT molecular complexity index is 364. The lowest BCUT2D eigenvalue weighted by Crippen LogP contribution is -2.35. The number of aliphatic hydroxyl groups excluding tert-OH is 1. The van der Waals surface area contributed by atoms with Crippen molar-refractivity contribution in [3.05, 3.63) is 20.3 Å². The third-order valence-electron chi connectivity index (χ3n) is 1.84. The van der Waals surface area contributed by atoms with Gasteiger partial charge in [-0.25, -0.2) is 8.78 Å². The molecule has 0 aliphatic heterocycles. The molecule has 1 aromatic rings. The van der Waals surface area contributed by atoms with Gasteiger partial charge in [0.1, 0.15) is 6.10 Å². The van der Waals surface area contributed by atoms with Gasteiger partial charge in [-0.3, -0.25) is 4.79 Å². The third-order valence-corrected chi connectivity index (χ3v) is 3.98. The Hall–Kier alpha value is -0.530. The van der Waals surface area contributed by atoms with E-state index in [-0.39, 0.29) is 0 Å². The fourth-order valence-corrected chi connectivity index (χ4v) is 2.40. The second-order valence-electron chi connectivity index (χ2n) is 3.18. The van der Waals surface area contributed by atoms with E-state index in [9.17, 15) is 13.6 Å². The Morgan fingerprint density at radius 2 is 2.31 bits per heavy atom. The van der Waals surface area contributed by atoms with Crippen LogP contribution in [0.1, 0.15) is 15.2 Å². The molecular formula is C9H10BrF2NO2S. The minimum atomic E-state index is -2.85. The van der Waals surface area contributed by atoms with Crippen molar-refractivity contribution < 1.29 is 18.7 Å². The maximum atomic E-state index is 11.9. The third kappa shape index (κ3) is 3.50. The van der Waals surface area contributed by atoms with Gasteiger partial charge < -0.3 is 10.4 Å². The molecule has 16 heavy (non-hydrogen) atoms. The summed E-state index contributed by atoms with van der Waals surface area (Å²) >= 11 is 4.47. The summed E-state index contributed by atoms with van der Waals surface area (Å²) in [5.74, 6) is -0.460. The number of aryl methyl sites for hydroxylation is 1. The van der Waals surface area contributed by atoms with Crippen LogP contribution in [0.4, 0.5) is 8.78 Å². The van der Waals surface area contributed by atoms with Crippen LogP contribution in [-0.4, -0.2) is 30.1 Å². The van der Waals surface area contributed by atoms with E-state index in [4.69, 9.17) is 5.11 Å². The number of alkyl halides is 2. The van der Waals surface area contributed by atoms with Crippen LogP contribution >= 0.6 is 27.3 Å². The first-order chi connectivity index (χ1) is 7.41. The lowest BCUT2D eigenvalue weighted by atomic mass is 10.3. The van der Waals surface area contributed by atoms with Crippen LogP contribution in [0, 0.1) is 6.92 Å². The average Bonchev–Trinajstić information content (AvgIpc) is 2.55. The first-order valence-electron chi connectivity index (χ1n) is 4.42. The SMILES string of the molecule is Cc1cc(C(=O)NCC(O)C(F)F)sc1Br. The number of nitrogens with one attached hydrogen (secondary N) is 1. The molecule has 3 nitrogen and oxygen atoms in total. The lowest BCUT2D eigenvalue weighted by molar-refractivity contribution is -0.00268. The molecule has 1 unspecified atom stereocenters. The monoisotopic (exact) mass is 313 g/mol. The fourth-order valence-electron chi connectivity index (χ4n) is 0.945. The molecule has 0 saturated carbocycles. The van der Waals surface area contributed by atoms with E-state index in [2.05, 4.69) is 21.2 Å². The van der Waals surface area contributed by atoms with Gasteiger partial charge in [-0.05, 0) is 34.5 Å². The quantitative estimate of drug-likeness (QED) is 0.895. The zero-order valence-electron chi connectivity index (χ0n) is 8.34. The van der Waals surface area contributed by atoms with Crippen molar-refractivity contribution in [2.45, 2.75) is 19.5 Å². The van der Waals surface area contributed by atoms with Crippen molar-refractivity contribution in [1.29, 1.82) is 0 Å². The van der Waals surface area contributed by atoms with E-state index in [0.29, 0.717) is 4.88 Å². The highest BCUT2D eigenvalue weighted by Gasteiger charge is 2.18. The molecule has 1 amide bonds. The molecule has 0 aliphatic carbocycles. The highest BCUT2D eigenvalue weighted by molar-refractivity contribution is 9.11. The zero-order chi connectivity index (χ0) is 12.3. The van der Waals surface area contributed by atoms with Crippen molar-refractivity contribution in [3.63, 3.8) is 0 Å². The molecule has 0 spiro atoms. The molecule has 2 N–H and O–H groups in total. The molecule has 0 radical (unpaired) electrons. The van der Waals surface area contributed by atoms with E-state index in [1.165, 1.54) is 11.3 Å². The van der Waals surface area contributed by atoms with E-state index >= 15 is 0 Å². The van der Waals surface area contributed by atoms with Gasteiger partial charge in [0.25, 0.3) is 12.3 Å². The Morgan fingerprint density at radius 3 is 2.75 bits per heavy atom. The summed E-state index contributed by atoms with van der Waals surface area (Å²) in [6, 6.07) is 1.65. The molecule has 0 aliphatic rings. The molecule has 1 heterocycles. The number of carbonyl (C=O) groups is 1. The summed E-state index contributed by atoms with van der Waals surface area (Å²) in [4.78, 5) is 11.9.